The van der Waals surface area contributed by atoms with E-state index in [-0.39, 0.29) is 17.5 Å². The SMILES string of the molecule is CC(C)CNCc1occc1CN1CCS(=O)(=O)CC1C. The van der Waals surface area contributed by atoms with Gasteiger partial charge in [-0.05, 0) is 25.5 Å². The van der Waals surface area contributed by atoms with Crippen molar-refractivity contribution in [3.63, 3.8) is 0 Å². The Morgan fingerprint density at radius 3 is 2.90 bits per heavy atom. The summed E-state index contributed by atoms with van der Waals surface area (Å²) in [5.41, 5.74) is 1.15. The Hall–Kier alpha value is -0.850. The lowest BCUT2D eigenvalue weighted by Crippen LogP contribution is -2.46. The van der Waals surface area contributed by atoms with Crippen LogP contribution in [0.2, 0.25) is 0 Å². The lowest BCUT2D eigenvalue weighted by Gasteiger charge is -2.32. The summed E-state index contributed by atoms with van der Waals surface area (Å²) in [7, 11) is -2.86. The zero-order chi connectivity index (χ0) is 15.5. The summed E-state index contributed by atoms with van der Waals surface area (Å²) in [6.45, 7) is 9.37. The van der Waals surface area contributed by atoms with Crippen LogP contribution in [-0.2, 0) is 22.9 Å². The quantitative estimate of drug-likeness (QED) is 0.865. The molecule has 0 radical (unpaired) electrons. The van der Waals surface area contributed by atoms with Crippen molar-refractivity contribution >= 4 is 9.84 Å². The maximum Gasteiger partial charge on any atom is 0.153 e. The Labute approximate surface area is 127 Å². The van der Waals surface area contributed by atoms with Crippen LogP contribution in [0.1, 0.15) is 32.1 Å². The summed E-state index contributed by atoms with van der Waals surface area (Å²) in [6, 6.07) is 2.05. The predicted octanol–water partition coefficient (Wildman–Crippen LogP) is 1.64. The fourth-order valence-corrected chi connectivity index (χ4v) is 4.25. The molecule has 1 fully saturated rings. The van der Waals surface area contributed by atoms with Crippen molar-refractivity contribution in [3.8, 4) is 0 Å². The van der Waals surface area contributed by atoms with Crippen LogP contribution in [0.5, 0.6) is 0 Å². The molecule has 1 atom stereocenters. The maximum atomic E-state index is 11.6. The highest BCUT2D eigenvalue weighted by Crippen LogP contribution is 2.18. The molecule has 1 N–H and O–H groups in total. The molecule has 1 aliphatic heterocycles. The number of furan rings is 1. The van der Waals surface area contributed by atoms with Gasteiger partial charge in [-0.25, -0.2) is 8.42 Å². The Balaban J connectivity index is 1.93. The summed E-state index contributed by atoms with van der Waals surface area (Å²) < 4.78 is 28.8. The van der Waals surface area contributed by atoms with Gasteiger partial charge < -0.3 is 9.73 Å². The minimum absolute atomic E-state index is 0.0649. The molecule has 120 valence electrons. The second kappa shape index (κ2) is 6.94. The van der Waals surface area contributed by atoms with Crippen molar-refractivity contribution in [1.29, 1.82) is 0 Å². The van der Waals surface area contributed by atoms with Gasteiger partial charge in [0, 0.05) is 24.7 Å². The molecule has 2 heterocycles. The molecule has 0 bridgehead atoms. The number of rotatable bonds is 6. The van der Waals surface area contributed by atoms with Crippen LogP contribution >= 0.6 is 0 Å². The van der Waals surface area contributed by atoms with Crippen LogP contribution in [0.4, 0.5) is 0 Å². The van der Waals surface area contributed by atoms with Crippen LogP contribution < -0.4 is 5.32 Å². The van der Waals surface area contributed by atoms with Crippen molar-refractivity contribution in [3.05, 3.63) is 23.7 Å². The van der Waals surface area contributed by atoms with Crippen molar-refractivity contribution < 1.29 is 12.8 Å². The fraction of sp³-hybridized carbons (Fsp3) is 0.733. The molecule has 1 unspecified atom stereocenters. The number of sulfone groups is 1. The first kappa shape index (κ1) is 16.5. The van der Waals surface area contributed by atoms with E-state index >= 15 is 0 Å². The Morgan fingerprint density at radius 1 is 1.48 bits per heavy atom. The molecular weight excluding hydrogens is 288 g/mol. The zero-order valence-corrected chi connectivity index (χ0v) is 13.9. The molecule has 0 aliphatic carbocycles. The highest BCUT2D eigenvalue weighted by atomic mass is 32.2. The third-order valence-electron chi connectivity index (χ3n) is 3.86. The number of nitrogens with zero attached hydrogens (tertiary/aromatic N) is 1. The monoisotopic (exact) mass is 314 g/mol. The van der Waals surface area contributed by atoms with E-state index in [1.165, 1.54) is 0 Å². The smallest absolute Gasteiger partial charge is 0.153 e. The summed E-state index contributed by atoms with van der Waals surface area (Å²) in [5, 5.41) is 3.38. The number of hydrogen-bond donors (Lipinski definition) is 1. The molecule has 21 heavy (non-hydrogen) atoms. The lowest BCUT2D eigenvalue weighted by molar-refractivity contribution is 0.216. The highest BCUT2D eigenvalue weighted by molar-refractivity contribution is 7.91. The third-order valence-corrected chi connectivity index (χ3v) is 5.65. The Kier molecular flexibility index (Phi) is 5.46. The fourth-order valence-electron chi connectivity index (χ4n) is 2.62. The van der Waals surface area contributed by atoms with E-state index in [1.807, 2.05) is 13.0 Å². The average Bonchev–Trinajstić information content (AvgIpc) is 2.79. The average molecular weight is 314 g/mol. The van der Waals surface area contributed by atoms with Gasteiger partial charge in [0.25, 0.3) is 0 Å². The van der Waals surface area contributed by atoms with E-state index in [0.717, 1.165) is 31.0 Å². The summed E-state index contributed by atoms with van der Waals surface area (Å²) in [6.07, 6.45) is 1.72. The maximum absolute atomic E-state index is 11.6. The van der Waals surface area contributed by atoms with Gasteiger partial charge in [-0.15, -0.1) is 0 Å². The van der Waals surface area contributed by atoms with Crippen LogP contribution in [0.15, 0.2) is 16.7 Å². The topological polar surface area (TPSA) is 62.6 Å². The standard InChI is InChI=1S/C15H26N2O3S/c1-12(2)8-16-9-15-14(4-6-20-15)10-17-5-7-21(18,19)11-13(17)3/h4,6,12-13,16H,5,7-11H2,1-3H3. The summed E-state index contributed by atoms with van der Waals surface area (Å²) in [5.74, 6) is 2.08. The largest absolute Gasteiger partial charge is 0.468 e. The first-order valence-corrected chi connectivity index (χ1v) is 9.40. The second-order valence-electron chi connectivity index (χ2n) is 6.33. The van der Waals surface area contributed by atoms with E-state index in [1.54, 1.807) is 6.26 Å². The predicted molar refractivity (Wildman–Crippen MR) is 83.8 cm³/mol. The van der Waals surface area contributed by atoms with Gasteiger partial charge in [-0.2, -0.15) is 0 Å². The van der Waals surface area contributed by atoms with Crippen LogP contribution in [0.3, 0.4) is 0 Å². The molecule has 0 saturated carbocycles. The van der Waals surface area contributed by atoms with E-state index in [2.05, 4.69) is 24.1 Å². The number of hydrogen-bond acceptors (Lipinski definition) is 5. The van der Waals surface area contributed by atoms with Crippen molar-refractivity contribution in [1.82, 2.24) is 10.2 Å². The lowest BCUT2D eigenvalue weighted by atomic mass is 10.2. The van der Waals surface area contributed by atoms with E-state index < -0.39 is 9.84 Å². The van der Waals surface area contributed by atoms with E-state index in [0.29, 0.717) is 12.5 Å². The van der Waals surface area contributed by atoms with Gasteiger partial charge in [0.2, 0.25) is 0 Å². The summed E-state index contributed by atoms with van der Waals surface area (Å²) in [4.78, 5) is 2.22. The normalized spacial score (nSPS) is 22.8. The molecule has 2 rings (SSSR count). The molecule has 1 saturated heterocycles. The van der Waals surface area contributed by atoms with Gasteiger partial charge in [0.05, 0.1) is 24.3 Å². The Morgan fingerprint density at radius 2 is 2.24 bits per heavy atom. The molecule has 0 aromatic carbocycles. The minimum atomic E-state index is -2.86. The molecule has 0 spiro atoms. The minimum Gasteiger partial charge on any atom is -0.468 e. The van der Waals surface area contributed by atoms with Crippen LogP contribution in [0.25, 0.3) is 0 Å². The van der Waals surface area contributed by atoms with Crippen LogP contribution in [-0.4, -0.2) is 44.0 Å². The van der Waals surface area contributed by atoms with Gasteiger partial charge in [0.1, 0.15) is 5.76 Å². The zero-order valence-electron chi connectivity index (χ0n) is 13.1. The van der Waals surface area contributed by atoms with Gasteiger partial charge >= 0.3 is 0 Å². The molecule has 1 aromatic heterocycles. The molecule has 1 aromatic rings. The molecular formula is C15H26N2O3S. The van der Waals surface area contributed by atoms with Crippen molar-refractivity contribution in [2.24, 2.45) is 5.92 Å². The molecule has 5 nitrogen and oxygen atoms in total. The van der Waals surface area contributed by atoms with E-state index in [4.69, 9.17) is 4.42 Å². The molecule has 1 aliphatic rings. The number of nitrogens with one attached hydrogen (secondary N) is 1. The van der Waals surface area contributed by atoms with Gasteiger partial charge in [0.15, 0.2) is 9.84 Å². The van der Waals surface area contributed by atoms with Crippen molar-refractivity contribution in [2.45, 2.75) is 39.9 Å². The highest BCUT2D eigenvalue weighted by Gasteiger charge is 2.28. The summed E-state index contributed by atoms with van der Waals surface area (Å²) >= 11 is 0. The van der Waals surface area contributed by atoms with Crippen LogP contribution in [0, 0.1) is 5.92 Å². The van der Waals surface area contributed by atoms with Crippen molar-refractivity contribution in [2.75, 3.05) is 24.6 Å². The third kappa shape index (κ3) is 4.83. The first-order chi connectivity index (χ1) is 9.87. The van der Waals surface area contributed by atoms with E-state index in [9.17, 15) is 8.42 Å². The Bertz CT molecular complexity index is 551. The molecule has 6 heteroatoms. The van der Waals surface area contributed by atoms with Gasteiger partial charge in [-0.1, -0.05) is 13.8 Å². The van der Waals surface area contributed by atoms with Gasteiger partial charge in [-0.3, -0.25) is 4.90 Å². The molecule has 0 amide bonds. The first-order valence-electron chi connectivity index (χ1n) is 7.58. The second-order valence-corrected chi connectivity index (χ2v) is 8.56.